The molecule has 1 aromatic heterocycles. The van der Waals surface area contributed by atoms with E-state index < -0.39 is 0 Å². The summed E-state index contributed by atoms with van der Waals surface area (Å²) in [7, 11) is 1.72. The van der Waals surface area contributed by atoms with Crippen molar-refractivity contribution in [1.82, 2.24) is 4.98 Å². The number of rotatable bonds is 5. The van der Waals surface area contributed by atoms with E-state index in [1.165, 1.54) is 5.69 Å². The van der Waals surface area contributed by atoms with Crippen molar-refractivity contribution in [3.63, 3.8) is 0 Å². The van der Waals surface area contributed by atoms with Crippen molar-refractivity contribution < 1.29 is 4.74 Å². The minimum absolute atomic E-state index is 0.739. The number of likely N-dealkylation sites (N-methyl/N-ethyl adjacent to an activating group) is 1. The van der Waals surface area contributed by atoms with E-state index in [0.29, 0.717) is 0 Å². The van der Waals surface area contributed by atoms with Gasteiger partial charge in [-0.1, -0.05) is 0 Å². The van der Waals surface area contributed by atoms with E-state index in [-0.39, 0.29) is 0 Å². The Morgan fingerprint density at radius 2 is 2.36 bits per heavy atom. The first kappa shape index (κ1) is 11.5. The van der Waals surface area contributed by atoms with Crippen molar-refractivity contribution in [3.05, 3.63) is 22.9 Å². The molecule has 14 heavy (non-hydrogen) atoms. The van der Waals surface area contributed by atoms with Gasteiger partial charge in [0, 0.05) is 32.6 Å². The fourth-order valence-electron chi connectivity index (χ4n) is 1.27. The highest BCUT2D eigenvalue weighted by Gasteiger charge is 2.06. The van der Waals surface area contributed by atoms with Gasteiger partial charge < -0.3 is 9.64 Å². The lowest BCUT2D eigenvalue weighted by Gasteiger charge is -2.23. The number of hydrogen-bond acceptors (Lipinski definition) is 3. The molecule has 3 nitrogen and oxygen atoms in total. The minimum atomic E-state index is 0.739. The Kier molecular flexibility index (Phi) is 4.90. The molecule has 1 aromatic rings. The lowest BCUT2D eigenvalue weighted by atomic mass is 10.3. The molecule has 0 aliphatic rings. The van der Waals surface area contributed by atoms with E-state index in [9.17, 15) is 0 Å². The summed E-state index contributed by atoms with van der Waals surface area (Å²) in [6.07, 6.45) is 3.61. The second-order valence-corrected chi connectivity index (χ2v) is 3.75. The molecule has 0 aliphatic carbocycles. The Morgan fingerprint density at radius 3 is 2.93 bits per heavy atom. The lowest BCUT2D eigenvalue weighted by Crippen LogP contribution is -2.27. The molecule has 0 amide bonds. The van der Waals surface area contributed by atoms with Crippen molar-refractivity contribution in [2.45, 2.75) is 6.92 Å². The van der Waals surface area contributed by atoms with E-state index in [2.05, 4.69) is 32.7 Å². The van der Waals surface area contributed by atoms with Crippen LogP contribution in [0.5, 0.6) is 0 Å². The standard InChI is InChI=1S/C10H15BrN2O/c1-3-13(6-7-14-2)10-4-5-12-8-9(10)11/h4-5,8H,3,6-7H2,1-2H3. The normalized spacial score (nSPS) is 10.2. The topological polar surface area (TPSA) is 25.4 Å². The molecule has 0 saturated heterocycles. The highest BCUT2D eigenvalue weighted by atomic mass is 79.9. The molecule has 4 heteroatoms. The van der Waals surface area contributed by atoms with Crippen molar-refractivity contribution in [1.29, 1.82) is 0 Å². The van der Waals surface area contributed by atoms with Gasteiger partial charge in [0.05, 0.1) is 16.8 Å². The van der Waals surface area contributed by atoms with Gasteiger partial charge in [0.15, 0.2) is 0 Å². The van der Waals surface area contributed by atoms with Gasteiger partial charge in [0.2, 0.25) is 0 Å². The van der Waals surface area contributed by atoms with Crippen molar-refractivity contribution in [3.8, 4) is 0 Å². The highest BCUT2D eigenvalue weighted by molar-refractivity contribution is 9.10. The van der Waals surface area contributed by atoms with Crippen molar-refractivity contribution in [2.24, 2.45) is 0 Å². The monoisotopic (exact) mass is 258 g/mol. The predicted molar refractivity (Wildman–Crippen MR) is 61.7 cm³/mol. The van der Waals surface area contributed by atoms with E-state index in [1.54, 1.807) is 13.3 Å². The van der Waals surface area contributed by atoms with Crippen LogP contribution < -0.4 is 4.90 Å². The molecule has 0 spiro atoms. The molecule has 78 valence electrons. The summed E-state index contributed by atoms with van der Waals surface area (Å²) in [4.78, 5) is 6.28. The molecule has 1 rings (SSSR count). The maximum atomic E-state index is 5.06. The first-order valence-electron chi connectivity index (χ1n) is 4.63. The number of pyridine rings is 1. The highest BCUT2D eigenvalue weighted by Crippen LogP contribution is 2.24. The largest absolute Gasteiger partial charge is 0.383 e. The number of halogens is 1. The van der Waals surface area contributed by atoms with Crippen LogP contribution in [0.4, 0.5) is 5.69 Å². The van der Waals surface area contributed by atoms with Gasteiger partial charge in [-0.3, -0.25) is 4.98 Å². The fourth-order valence-corrected chi connectivity index (χ4v) is 1.78. The summed E-state index contributed by atoms with van der Waals surface area (Å²) in [5, 5.41) is 0. The van der Waals surface area contributed by atoms with Crippen molar-refractivity contribution in [2.75, 3.05) is 31.7 Å². The second-order valence-electron chi connectivity index (χ2n) is 2.90. The summed E-state index contributed by atoms with van der Waals surface area (Å²) in [6, 6.07) is 2.00. The van der Waals surface area contributed by atoms with E-state index in [0.717, 1.165) is 24.2 Å². The number of methoxy groups -OCH3 is 1. The van der Waals surface area contributed by atoms with E-state index in [4.69, 9.17) is 4.74 Å². The third-order valence-corrected chi connectivity index (χ3v) is 2.65. The van der Waals surface area contributed by atoms with Crippen LogP contribution in [0.1, 0.15) is 6.92 Å². The third-order valence-electron chi connectivity index (χ3n) is 2.04. The Balaban J connectivity index is 2.73. The second kappa shape index (κ2) is 5.98. The lowest BCUT2D eigenvalue weighted by molar-refractivity contribution is 0.205. The molecule has 0 unspecified atom stereocenters. The Morgan fingerprint density at radius 1 is 1.57 bits per heavy atom. The van der Waals surface area contributed by atoms with Crippen LogP contribution in [0.15, 0.2) is 22.9 Å². The molecule has 0 aromatic carbocycles. The van der Waals surface area contributed by atoms with Gasteiger partial charge in [-0.15, -0.1) is 0 Å². The zero-order valence-corrected chi connectivity index (χ0v) is 10.1. The SMILES string of the molecule is CCN(CCOC)c1ccncc1Br. The van der Waals surface area contributed by atoms with Crippen LogP contribution in [0.2, 0.25) is 0 Å². The smallest absolute Gasteiger partial charge is 0.0637 e. The first-order chi connectivity index (χ1) is 6.79. The van der Waals surface area contributed by atoms with Crippen LogP contribution in [0.3, 0.4) is 0 Å². The fraction of sp³-hybridized carbons (Fsp3) is 0.500. The van der Waals surface area contributed by atoms with Crippen LogP contribution in [0, 0.1) is 0 Å². The summed E-state index contributed by atoms with van der Waals surface area (Å²) in [5.74, 6) is 0. The minimum Gasteiger partial charge on any atom is -0.383 e. The Hall–Kier alpha value is -0.610. The summed E-state index contributed by atoms with van der Waals surface area (Å²) in [5.41, 5.74) is 1.17. The van der Waals surface area contributed by atoms with Gasteiger partial charge in [-0.05, 0) is 28.9 Å². The van der Waals surface area contributed by atoms with Crippen LogP contribution in [0.25, 0.3) is 0 Å². The van der Waals surface area contributed by atoms with Gasteiger partial charge in [-0.25, -0.2) is 0 Å². The summed E-state index contributed by atoms with van der Waals surface area (Å²) < 4.78 is 6.09. The molecular weight excluding hydrogens is 244 g/mol. The van der Waals surface area contributed by atoms with Crippen LogP contribution in [-0.2, 0) is 4.74 Å². The molecule has 0 bridgehead atoms. The quantitative estimate of drug-likeness (QED) is 0.811. The molecule has 0 aliphatic heterocycles. The van der Waals surface area contributed by atoms with Crippen LogP contribution >= 0.6 is 15.9 Å². The first-order valence-corrected chi connectivity index (χ1v) is 5.42. The number of nitrogens with zero attached hydrogens (tertiary/aromatic N) is 2. The third kappa shape index (κ3) is 2.96. The van der Waals surface area contributed by atoms with Gasteiger partial charge >= 0.3 is 0 Å². The maximum absolute atomic E-state index is 5.06. The molecule has 0 atom stereocenters. The molecular formula is C10H15BrN2O. The van der Waals surface area contributed by atoms with Crippen LogP contribution in [-0.4, -0.2) is 31.8 Å². The number of ether oxygens (including phenoxy) is 1. The zero-order valence-electron chi connectivity index (χ0n) is 8.53. The Labute approximate surface area is 93.2 Å². The van der Waals surface area contributed by atoms with Gasteiger partial charge in [0.25, 0.3) is 0 Å². The molecule has 0 fully saturated rings. The molecule has 0 saturated carbocycles. The number of anilines is 1. The van der Waals surface area contributed by atoms with Crippen molar-refractivity contribution >= 4 is 21.6 Å². The molecule has 1 heterocycles. The predicted octanol–water partition coefficient (Wildman–Crippen LogP) is 2.32. The number of hydrogen-bond donors (Lipinski definition) is 0. The van der Waals surface area contributed by atoms with Gasteiger partial charge in [0.1, 0.15) is 0 Å². The maximum Gasteiger partial charge on any atom is 0.0637 e. The molecule has 0 N–H and O–H groups in total. The Bertz CT molecular complexity index is 281. The zero-order chi connectivity index (χ0) is 10.4. The summed E-state index contributed by atoms with van der Waals surface area (Å²) >= 11 is 3.48. The van der Waals surface area contributed by atoms with Gasteiger partial charge in [-0.2, -0.15) is 0 Å². The average Bonchev–Trinajstić information content (AvgIpc) is 2.21. The summed E-state index contributed by atoms with van der Waals surface area (Å²) in [6.45, 7) is 4.73. The average molecular weight is 259 g/mol. The van der Waals surface area contributed by atoms with E-state index in [1.807, 2.05) is 12.3 Å². The van der Waals surface area contributed by atoms with E-state index >= 15 is 0 Å². The number of aromatic nitrogens is 1. The molecule has 0 radical (unpaired) electrons.